The average molecular weight is 687 g/mol. The highest BCUT2D eigenvalue weighted by molar-refractivity contribution is 6.17. The standard InChI is InChI=1S/C49H56N3/c1-31-29-41-45(35(5)33(31)3)48(7,8)43(50(41)11)27-25-37-23-24-38(47(37)52(39-19-15-13-16-20-39)40-21-17-14-18-22-40)26-28-44-49(9,10)46-36(6)34(4)32(2)30-42(46)51(44)12/h13-22,25-30H,23-24H2,1-12H3/q+1. The number of para-hydroxylation sites is 2. The van der Waals surface area contributed by atoms with E-state index >= 15 is 0 Å². The summed E-state index contributed by atoms with van der Waals surface area (Å²) in [6.45, 7) is 23.2. The SMILES string of the molecule is Cc1cc2c(c(C)c1C)C(C)(C)C(=CC=C1CCC(=CC=C3N(C)c4cc(C)c(C)c(C)c4C3(C)C)C1=[N+](c1ccccc1)c1ccccc1)N2C. The lowest BCUT2D eigenvalue weighted by Crippen LogP contribution is -2.23. The van der Waals surface area contributed by atoms with Crippen molar-refractivity contribution < 1.29 is 0 Å². The van der Waals surface area contributed by atoms with Crippen LogP contribution < -0.4 is 14.4 Å². The van der Waals surface area contributed by atoms with Crippen LogP contribution in [0, 0.1) is 41.5 Å². The Hall–Kier alpha value is -4.89. The molecular formula is C49H56N3+. The molecule has 0 aromatic heterocycles. The second-order valence-corrected chi connectivity index (χ2v) is 16.4. The molecule has 52 heavy (non-hydrogen) atoms. The maximum Gasteiger partial charge on any atom is 0.218 e. The Morgan fingerprint density at radius 2 is 0.885 bits per heavy atom. The van der Waals surface area contributed by atoms with E-state index in [1.807, 2.05) is 0 Å². The Bertz CT molecular complexity index is 2100. The van der Waals surface area contributed by atoms with Crippen molar-refractivity contribution in [2.24, 2.45) is 0 Å². The van der Waals surface area contributed by atoms with Gasteiger partial charge >= 0.3 is 0 Å². The van der Waals surface area contributed by atoms with Gasteiger partial charge in [-0.25, -0.2) is 0 Å². The third-order valence-electron chi connectivity index (χ3n) is 12.7. The number of aryl methyl sites for hydroxylation is 2. The molecule has 3 nitrogen and oxygen atoms in total. The summed E-state index contributed by atoms with van der Waals surface area (Å²) in [7, 11) is 4.48. The monoisotopic (exact) mass is 686 g/mol. The molecule has 3 aliphatic rings. The van der Waals surface area contributed by atoms with Crippen molar-refractivity contribution >= 4 is 28.5 Å². The van der Waals surface area contributed by atoms with Crippen LogP contribution >= 0.6 is 0 Å². The minimum absolute atomic E-state index is 0.105. The van der Waals surface area contributed by atoms with Crippen molar-refractivity contribution in [2.75, 3.05) is 23.9 Å². The second-order valence-electron chi connectivity index (χ2n) is 16.4. The van der Waals surface area contributed by atoms with E-state index in [4.69, 9.17) is 0 Å². The summed E-state index contributed by atoms with van der Waals surface area (Å²) in [5, 5.41) is 0. The molecule has 0 amide bonds. The molecular weight excluding hydrogens is 631 g/mol. The van der Waals surface area contributed by atoms with Crippen LogP contribution in [-0.2, 0) is 10.8 Å². The fourth-order valence-electron chi connectivity index (χ4n) is 9.47. The fourth-order valence-corrected chi connectivity index (χ4v) is 9.47. The molecule has 0 radical (unpaired) electrons. The molecule has 1 saturated carbocycles. The minimum atomic E-state index is -0.105. The maximum absolute atomic E-state index is 2.48. The third kappa shape index (κ3) is 5.52. The number of anilines is 2. The number of hydrogen-bond acceptors (Lipinski definition) is 2. The Balaban J connectivity index is 1.42. The van der Waals surface area contributed by atoms with E-state index in [1.165, 1.54) is 95.5 Å². The van der Waals surface area contributed by atoms with E-state index in [-0.39, 0.29) is 10.8 Å². The Morgan fingerprint density at radius 3 is 1.25 bits per heavy atom. The van der Waals surface area contributed by atoms with E-state index in [2.05, 4.69) is 195 Å². The maximum atomic E-state index is 2.48. The second kappa shape index (κ2) is 13.0. The number of likely N-dealkylation sites (N-methyl/N-ethyl adjacent to an activating group) is 2. The van der Waals surface area contributed by atoms with E-state index in [0.29, 0.717) is 0 Å². The summed E-state index contributed by atoms with van der Waals surface area (Å²) in [4.78, 5) is 4.85. The molecule has 0 unspecified atom stereocenters. The van der Waals surface area contributed by atoms with Gasteiger partial charge in [-0.2, -0.15) is 4.58 Å². The van der Waals surface area contributed by atoms with Crippen molar-refractivity contribution in [1.29, 1.82) is 0 Å². The molecule has 0 atom stereocenters. The van der Waals surface area contributed by atoms with Crippen LogP contribution in [0.5, 0.6) is 0 Å². The number of rotatable bonds is 4. The third-order valence-corrected chi connectivity index (χ3v) is 12.7. The molecule has 1 aliphatic carbocycles. The van der Waals surface area contributed by atoms with Crippen LogP contribution in [0.15, 0.2) is 120 Å². The Labute approximate surface area is 313 Å². The van der Waals surface area contributed by atoms with Crippen molar-refractivity contribution in [2.45, 2.75) is 92.9 Å². The number of hydrogen-bond donors (Lipinski definition) is 0. The molecule has 3 heteroatoms. The summed E-state index contributed by atoms with van der Waals surface area (Å²) >= 11 is 0. The zero-order valence-electron chi connectivity index (χ0n) is 33.5. The summed E-state index contributed by atoms with van der Waals surface area (Å²) in [6.07, 6.45) is 11.6. The van der Waals surface area contributed by atoms with Gasteiger partial charge in [-0.15, -0.1) is 0 Å². The quantitative estimate of drug-likeness (QED) is 0.198. The van der Waals surface area contributed by atoms with Gasteiger partial charge in [-0.1, -0.05) is 76.2 Å². The fraction of sp³-hybridized carbons (Fsp3) is 0.327. The first-order valence-corrected chi connectivity index (χ1v) is 19.0. The molecule has 0 N–H and O–H groups in total. The van der Waals surface area contributed by atoms with Gasteiger partial charge in [0.05, 0.1) is 0 Å². The first-order valence-electron chi connectivity index (χ1n) is 19.0. The molecule has 4 aromatic carbocycles. The highest BCUT2D eigenvalue weighted by atomic mass is 15.2. The summed E-state index contributed by atoms with van der Waals surface area (Å²) in [5.74, 6) is 0. The smallest absolute Gasteiger partial charge is 0.218 e. The minimum Gasteiger partial charge on any atom is -0.347 e. The molecule has 2 heterocycles. The topological polar surface area (TPSA) is 9.49 Å². The van der Waals surface area contributed by atoms with Gasteiger partial charge in [0.15, 0.2) is 0 Å². The van der Waals surface area contributed by atoms with E-state index in [9.17, 15) is 0 Å². The lowest BCUT2D eigenvalue weighted by Gasteiger charge is -2.25. The molecule has 0 saturated heterocycles. The van der Waals surface area contributed by atoms with Crippen molar-refractivity contribution in [1.82, 2.24) is 4.58 Å². The predicted octanol–water partition coefficient (Wildman–Crippen LogP) is 12.1. The number of benzene rings is 4. The molecule has 7 rings (SSSR count). The largest absolute Gasteiger partial charge is 0.347 e. The van der Waals surface area contributed by atoms with Crippen molar-refractivity contribution in [3.63, 3.8) is 0 Å². The lowest BCUT2D eigenvalue weighted by atomic mass is 9.79. The van der Waals surface area contributed by atoms with Crippen LogP contribution in [0.3, 0.4) is 0 Å². The average Bonchev–Trinajstić information content (AvgIpc) is 3.65. The molecule has 0 bridgehead atoms. The van der Waals surface area contributed by atoms with Gasteiger partial charge in [0.25, 0.3) is 0 Å². The zero-order chi connectivity index (χ0) is 37.3. The molecule has 266 valence electrons. The van der Waals surface area contributed by atoms with Crippen LogP contribution in [0.4, 0.5) is 22.7 Å². The van der Waals surface area contributed by atoms with Gasteiger partial charge < -0.3 is 9.80 Å². The van der Waals surface area contributed by atoms with Gasteiger partial charge in [0.1, 0.15) is 0 Å². The summed E-state index contributed by atoms with van der Waals surface area (Å²) in [6, 6.07) is 26.5. The summed E-state index contributed by atoms with van der Waals surface area (Å²) in [5.41, 5.74) is 22.7. The van der Waals surface area contributed by atoms with Crippen LogP contribution in [-0.4, -0.2) is 19.8 Å². The molecule has 0 spiro atoms. The van der Waals surface area contributed by atoms with Gasteiger partial charge in [-0.3, -0.25) is 0 Å². The number of fused-ring (bicyclic) bond motifs is 2. The van der Waals surface area contributed by atoms with E-state index < -0.39 is 0 Å². The van der Waals surface area contributed by atoms with Crippen molar-refractivity contribution in [3.05, 3.63) is 164 Å². The Kier molecular flexibility index (Phi) is 8.85. The first-order chi connectivity index (χ1) is 24.7. The normalized spacial score (nSPS) is 20.5. The van der Waals surface area contributed by atoms with E-state index in [0.717, 1.165) is 12.8 Å². The van der Waals surface area contributed by atoms with E-state index in [1.54, 1.807) is 0 Å². The van der Waals surface area contributed by atoms with Crippen LogP contribution in [0.2, 0.25) is 0 Å². The molecule has 4 aromatic rings. The molecule has 2 aliphatic heterocycles. The van der Waals surface area contributed by atoms with Crippen molar-refractivity contribution in [3.8, 4) is 0 Å². The highest BCUT2D eigenvalue weighted by Gasteiger charge is 2.42. The Morgan fingerprint density at radius 1 is 0.519 bits per heavy atom. The van der Waals surface area contributed by atoms with Gasteiger partial charge in [0, 0.05) is 83.1 Å². The summed E-state index contributed by atoms with van der Waals surface area (Å²) < 4.78 is 2.48. The van der Waals surface area contributed by atoms with Gasteiger partial charge in [0.2, 0.25) is 17.1 Å². The van der Waals surface area contributed by atoms with Crippen LogP contribution in [0.25, 0.3) is 0 Å². The number of allylic oxidation sites excluding steroid dienone is 8. The first kappa shape index (κ1) is 35.5. The number of nitrogens with zero attached hydrogens (tertiary/aromatic N) is 3. The zero-order valence-corrected chi connectivity index (χ0v) is 33.5. The van der Waals surface area contributed by atoms with Crippen LogP contribution in [0.1, 0.15) is 85.0 Å². The van der Waals surface area contributed by atoms with Gasteiger partial charge in [-0.05, 0) is 123 Å². The highest BCUT2D eigenvalue weighted by Crippen LogP contribution is 2.51. The lowest BCUT2D eigenvalue weighted by molar-refractivity contribution is 0.635. The predicted molar refractivity (Wildman–Crippen MR) is 225 cm³/mol. The molecule has 1 fully saturated rings.